The zero-order chi connectivity index (χ0) is 17.2. The Bertz CT molecular complexity index is 554. The number of hydrogen-bond donors (Lipinski definition) is 1. The zero-order valence-corrected chi connectivity index (χ0v) is 13.2. The number of alkyl halides is 3. The molecular weight excluding hydrogens is 309 g/mol. The Morgan fingerprint density at radius 3 is 2.39 bits per heavy atom. The highest BCUT2D eigenvalue weighted by atomic mass is 19.4. The summed E-state index contributed by atoms with van der Waals surface area (Å²) in [5, 5.41) is 0. The first-order valence-electron chi connectivity index (χ1n) is 7.53. The molecule has 1 fully saturated rings. The minimum atomic E-state index is -4.45. The van der Waals surface area contributed by atoms with Crippen LogP contribution in [0.1, 0.15) is 19.4 Å². The maximum atomic E-state index is 13.1. The van der Waals surface area contributed by atoms with Gasteiger partial charge in [-0.2, -0.15) is 13.2 Å². The van der Waals surface area contributed by atoms with Crippen molar-refractivity contribution in [2.75, 3.05) is 31.1 Å². The molecule has 0 saturated carbocycles. The number of anilines is 1. The summed E-state index contributed by atoms with van der Waals surface area (Å²) in [6.07, 6.45) is -3.10. The molecule has 0 radical (unpaired) electrons. The maximum Gasteiger partial charge on any atom is 0.419 e. The van der Waals surface area contributed by atoms with Crippen LogP contribution < -0.4 is 10.6 Å². The molecule has 0 bridgehead atoms. The molecule has 23 heavy (non-hydrogen) atoms. The highest BCUT2D eigenvalue weighted by molar-refractivity contribution is 5.82. The number of carbonyl (C=O) groups excluding carboxylic acids is 1. The van der Waals surface area contributed by atoms with E-state index in [1.54, 1.807) is 9.80 Å². The summed E-state index contributed by atoms with van der Waals surface area (Å²) in [6, 6.07) is 1.71. The summed E-state index contributed by atoms with van der Waals surface area (Å²) in [5.41, 5.74) is 5.10. The van der Waals surface area contributed by atoms with Crippen LogP contribution >= 0.6 is 0 Å². The quantitative estimate of drug-likeness (QED) is 0.917. The molecule has 1 aromatic rings. The third-order valence-corrected chi connectivity index (χ3v) is 3.99. The van der Waals surface area contributed by atoms with E-state index >= 15 is 0 Å². The van der Waals surface area contributed by atoms with E-state index in [1.807, 2.05) is 13.8 Å². The molecule has 8 heteroatoms. The molecule has 5 nitrogen and oxygen atoms in total. The number of piperazine rings is 1. The molecule has 2 heterocycles. The summed E-state index contributed by atoms with van der Waals surface area (Å²) in [5.74, 6) is -0.217. The normalized spacial score (nSPS) is 17.5. The molecule has 2 N–H and O–H groups in total. The van der Waals surface area contributed by atoms with Gasteiger partial charge in [-0.1, -0.05) is 13.8 Å². The number of pyridine rings is 1. The van der Waals surface area contributed by atoms with Gasteiger partial charge in [0.05, 0.1) is 11.6 Å². The van der Waals surface area contributed by atoms with E-state index in [4.69, 9.17) is 5.73 Å². The number of nitrogens with zero attached hydrogens (tertiary/aromatic N) is 3. The molecule has 1 atom stereocenters. The van der Waals surface area contributed by atoms with Crippen molar-refractivity contribution in [1.29, 1.82) is 0 Å². The Balaban J connectivity index is 2.07. The highest BCUT2D eigenvalue weighted by Gasteiger charge is 2.36. The van der Waals surface area contributed by atoms with Gasteiger partial charge in [0.1, 0.15) is 5.82 Å². The molecule has 0 aliphatic carbocycles. The second-order valence-corrected chi connectivity index (χ2v) is 5.95. The van der Waals surface area contributed by atoms with Crippen molar-refractivity contribution in [1.82, 2.24) is 9.88 Å². The zero-order valence-electron chi connectivity index (χ0n) is 13.2. The van der Waals surface area contributed by atoms with E-state index in [9.17, 15) is 18.0 Å². The van der Waals surface area contributed by atoms with Crippen molar-refractivity contribution < 1.29 is 18.0 Å². The van der Waals surface area contributed by atoms with E-state index in [0.717, 1.165) is 6.07 Å². The second kappa shape index (κ2) is 6.74. The third-order valence-electron chi connectivity index (χ3n) is 3.99. The van der Waals surface area contributed by atoms with Crippen LogP contribution in [0.25, 0.3) is 0 Å². The van der Waals surface area contributed by atoms with Crippen LogP contribution in [0.15, 0.2) is 18.3 Å². The van der Waals surface area contributed by atoms with Crippen molar-refractivity contribution in [3.8, 4) is 0 Å². The van der Waals surface area contributed by atoms with Crippen molar-refractivity contribution in [2.45, 2.75) is 26.1 Å². The molecule has 1 saturated heterocycles. The molecule has 0 spiro atoms. The topological polar surface area (TPSA) is 62.5 Å². The van der Waals surface area contributed by atoms with Gasteiger partial charge < -0.3 is 15.5 Å². The fourth-order valence-electron chi connectivity index (χ4n) is 2.50. The Morgan fingerprint density at radius 1 is 1.26 bits per heavy atom. The van der Waals surface area contributed by atoms with Crippen LogP contribution in [0.3, 0.4) is 0 Å². The fourth-order valence-corrected chi connectivity index (χ4v) is 2.50. The predicted octanol–water partition coefficient (Wildman–Crippen LogP) is 1.73. The highest BCUT2D eigenvalue weighted by Crippen LogP contribution is 2.35. The monoisotopic (exact) mass is 330 g/mol. The minimum absolute atomic E-state index is 0.0214. The van der Waals surface area contributed by atoms with Crippen LogP contribution in [-0.4, -0.2) is 48.0 Å². The predicted molar refractivity (Wildman–Crippen MR) is 80.8 cm³/mol. The van der Waals surface area contributed by atoms with Crippen LogP contribution in [0.4, 0.5) is 19.0 Å². The molecule has 2 rings (SSSR count). The van der Waals surface area contributed by atoms with Crippen molar-refractivity contribution in [3.63, 3.8) is 0 Å². The molecule has 0 aromatic carbocycles. The lowest BCUT2D eigenvalue weighted by Gasteiger charge is -2.37. The molecule has 128 valence electrons. The van der Waals surface area contributed by atoms with E-state index in [1.165, 1.54) is 12.3 Å². The van der Waals surface area contributed by atoms with Crippen LogP contribution in [0.5, 0.6) is 0 Å². The lowest BCUT2D eigenvalue weighted by molar-refractivity contribution is -0.138. The van der Waals surface area contributed by atoms with Gasteiger partial charge in [-0.25, -0.2) is 4.98 Å². The van der Waals surface area contributed by atoms with Gasteiger partial charge >= 0.3 is 6.18 Å². The van der Waals surface area contributed by atoms with E-state index in [2.05, 4.69) is 4.98 Å². The second-order valence-electron chi connectivity index (χ2n) is 5.95. The number of hydrogen-bond acceptors (Lipinski definition) is 4. The van der Waals surface area contributed by atoms with Crippen LogP contribution in [0.2, 0.25) is 0 Å². The van der Waals surface area contributed by atoms with Crippen LogP contribution in [-0.2, 0) is 11.0 Å². The summed E-state index contributed by atoms with van der Waals surface area (Å²) in [6.45, 7) is 5.01. The average molecular weight is 330 g/mol. The van der Waals surface area contributed by atoms with E-state index in [-0.39, 0.29) is 17.6 Å². The van der Waals surface area contributed by atoms with Crippen molar-refractivity contribution >= 4 is 11.7 Å². The van der Waals surface area contributed by atoms with Crippen molar-refractivity contribution in [3.05, 3.63) is 23.9 Å². The van der Waals surface area contributed by atoms with Crippen molar-refractivity contribution in [2.24, 2.45) is 11.7 Å². The number of nitrogens with two attached hydrogens (primary N) is 1. The number of aromatic nitrogens is 1. The van der Waals surface area contributed by atoms with Gasteiger partial charge in [-0.3, -0.25) is 4.79 Å². The number of rotatable bonds is 3. The summed E-state index contributed by atoms with van der Waals surface area (Å²) >= 11 is 0. The third kappa shape index (κ3) is 3.93. The van der Waals surface area contributed by atoms with Gasteiger partial charge in [0, 0.05) is 32.4 Å². The molecule has 1 aliphatic heterocycles. The lowest BCUT2D eigenvalue weighted by atomic mass is 10.0. The molecule has 1 aliphatic rings. The Labute approximate surface area is 133 Å². The number of halogens is 3. The first kappa shape index (κ1) is 17.5. The average Bonchev–Trinajstić information content (AvgIpc) is 2.52. The summed E-state index contributed by atoms with van der Waals surface area (Å²) in [4.78, 5) is 19.2. The largest absolute Gasteiger partial charge is 0.419 e. The van der Waals surface area contributed by atoms with E-state index < -0.39 is 17.8 Å². The van der Waals surface area contributed by atoms with Gasteiger partial charge in [-0.15, -0.1) is 0 Å². The molecule has 1 aromatic heterocycles. The van der Waals surface area contributed by atoms with Gasteiger partial charge in [0.2, 0.25) is 5.91 Å². The van der Waals surface area contributed by atoms with Gasteiger partial charge in [0.25, 0.3) is 0 Å². The van der Waals surface area contributed by atoms with Gasteiger partial charge in [0.15, 0.2) is 0 Å². The Morgan fingerprint density at radius 2 is 1.87 bits per heavy atom. The SMILES string of the molecule is CC(C)[C@H](N)C(=O)N1CCN(c2ncccc2C(F)(F)F)CC1. The number of amides is 1. The summed E-state index contributed by atoms with van der Waals surface area (Å²) < 4.78 is 39.2. The molecule has 0 unspecified atom stereocenters. The first-order valence-corrected chi connectivity index (χ1v) is 7.53. The molecular formula is C15H21F3N4O. The van der Waals surface area contributed by atoms with Crippen LogP contribution in [0, 0.1) is 5.92 Å². The fraction of sp³-hybridized carbons (Fsp3) is 0.600. The Kier molecular flexibility index (Phi) is 5.13. The minimum Gasteiger partial charge on any atom is -0.353 e. The Hall–Kier alpha value is -1.83. The lowest BCUT2D eigenvalue weighted by Crippen LogP contribution is -2.54. The van der Waals surface area contributed by atoms with E-state index in [0.29, 0.717) is 26.2 Å². The first-order chi connectivity index (χ1) is 10.7. The number of carbonyl (C=O) groups is 1. The smallest absolute Gasteiger partial charge is 0.353 e. The van der Waals surface area contributed by atoms with Gasteiger partial charge in [-0.05, 0) is 18.1 Å². The standard InChI is InChI=1S/C15H21F3N4O/c1-10(2)12(19)14(23)22-8-6-21(7-9-22)13-11(15(16,17)18)4-3-5-20-13/h3-5,10,12H,6-9,19H2,1-2H3/t12-/m0/s1. The maximum absolute atomic E-state index is 13.1. The molecule has 1 amide bonds. The summed E-state index contributed by atoms with van der Waals surface area (Å²) in [7, 11) is 0.